The molecule has 5 rings (SSSR count). The van der Waals surface area contributed by atoms with E-state index < -0.39 is 11.1 Å². The van der Waals surface area contributed by atoms with Crippen LogP contribution in [0.15, 0.2) is 30.6 Å². The summed E-state index contributed by atoms with van der Waals surface area (Å²) >= 11 is 0. The molecule has 1 aliphatic carbocycles. The number of nitrogens with zero attached hydrogens (tertiary/aromatic N) is 3. The van der Waals surface area contributed by atoms with Crippen molar-refractivity contribution >= 4 is 28.4 Å². The van der Waals surface area contributed by atoms with Crippen LogP contribution in [0.25, 0.3) is 10.8 Å². The van der Waals surface area contributed by atoms with Crippen LogP contribution in [-0.4, -0.2) is 27.0 Å². The molecule has 1 fully saturated rings. The first kappa shape index (κ1) is 20.6. The number of aromatic nitrogens is 3. The van der Waals surface area contributed by atoms with Gasteiger partial charge in [-0.25, -0.2) is 19.7 Å². The van der Waals surface area contributed by atoms with Gasteiger partial charge in [-0.1, -0.05) is 6.92 Å². The van der Waals surface area contributed by atoms with Gasteiger partial charge in [-0.15, -0.1) is 0 Å². The number of anilines is 2. The summed E-state index contributed by atoms with van der Waals surface area (Å²) in [6, 6.07) is 5.43. The molecule has 3 aromatic rings. The van der Waals surface area contributed by atoms with Crippen LogP contribution in [0.2, 0.25) is 0 Å². The van der Waals surface area contributed by atoms with Crippen molar-refractivity contribution in [3.63, 3.8) is 0 Å². The van der Waals surface area contributed by atoms with Crippen LogP contribution >= 0.6 is 0 Å². The number of ether oxygens (including phenoxy) is 2. The van der Waals surface area contributed by atoms with Crippen molar-refractivity contribution in [2.24, 2.45) is 5.73 Å². The maximum atomic E-state index is 12.0. The molecule has 1 atom stereocenters. The Labute approximate surface area is 186 Å². The van der Waals surface area contributed by atoms with Crippen LogP contribution in [0.3, 0.4) is 0 Å². The number of cyclic esters (lactones) is 1. The zero-order chi connectivity index (χ0) is 22.7. The third kappa shape index (κ3) is 3.54. The molecule has 3 N–H and O–H groups in total. The van der Waals surface area contributed by atoms with Crippen LogP contribution in [0.5, 0.6) is 5.88 Å². The summed E-state index contributed by atoms with van der Waals surface area (Å²) in [6.07, 6.45) is 6.66. The van der Waals surface area contributed by atoms with Crippen molar-refractivity contribution in [3.05, 3.63) is 47.4 Å². The maximum absolute atomic E-state index is 12.0. The number of carbonyl (C=O) groups excluding carboxylic acids is 1. The number of esters is 1. The highest BCUT2D eigenvalue weighted by molar-refractivity contribution is 5.94. The van der Waals surface area contributed by atoms with Gasteiger partial charge in [-0.3, -0.25) is 0 Å². The Morgan fingerprint density at radius 3 is 2.72 bits per heavy atom. The summed E-state index contributed by atoms with van der Waals surface area (Å²) in [7, 11) is 0. The van der Waals surface area contributed by atoms with Crippen LogP contribution in [0.4, 0.5) is 11.6 Å². The van der Waals surface area contributed by atoms with Gasteiger partial charge in [0, 0.05) is 17.9 Å². The molecule has 4 heterocycles. The molecule has 1 aliphatic heterocycles. The molecule has 0 spiro atoms. The average Bonchev–Trinajstić information content (AvgIpc) is 3.53. The number of nitrogens with two attached hydrogens (primary N) is 1. The van der Waals surface area contributed by atoms with Crippen molar-refractivity contribution in [1.29, 1.82) is 0 Å². The number of rotatable bonds is 6. The van der Waals surface area contributed by atoms with E-state index in [-0.39, 0.29) is 12.1 Å². The van der Waals surface area contributed by atoms with Crippen LogP contribution in [-0.2, 0) is 15.9 Å². The van der Waals surface area contributed by atoms with Gasteiger partial charge in [-0.2, -0.15) is 0 Å². The average molecular weight is 434 g/mol. The highest BCUT2D eigenvalue weighted by Gasteiger charge is 2.39. The molecule has 166 valence electrons. The van der Waals surface area contributed by atoms with Gasteiger partial charge in [0.1, 0.15) is 29.0 Å². The molecular formula is C24H27N5O3. The fraction of sp³-hybridized carbons (Fsp3) is 0.417. The van der Waals surface area contributed by atoms with E-state index in [4.69, 9.17) is 15.2 Å². The lowest BCUT2D eigenvalue weighted by Gasteiger charge is -2.25. The van der Waals surface area contributed by atoms with Crippen LogP contribution in [0.1, 0.15) is 68.6 Å². The standard InChI is InChI=1S/C24H27N5O3/c1-5-24(4,25)17-12-27-21(31-13-6-7-13)16-11-26-19(10-15(16)17)28-18-9-8-14-20(29-18)23(2,3)32-22(14)30/h8-13H,5-7,25H2,1-4H3,(H,26,28,29). The summed E-state index contributed by atoms with van der Waals surface area (Å²) in [5.41, 5.74) is 7.32. The molecule has 32 heavy (non-hydrogen) atoms. The van der Waals surface area contributed by atoms with Gasteiger partial charge >= 0.3 is 5.97 Å². The number of hydrogen-bond donors (Lipinski definition) is 2. The molecule has 2 aliphatic rings. The summed E-state index contributed by atoms with van der Waals surface area (Å²) in [4.78, 5) is 25.8. The summed E-state index contributed by atoms with van der Waals surface area (Å²) in [6.45, 7) is 7.71. The quantitative estimate of drug-likeness (QED) is 0.554. The predicted molar refractivity (Wildman–Crippen MR) is 121 cm³/mol. The second-order valence-corrected chi connectivity index (χ2v) is 9.30. The number of fused-ring (bicyclic) bond motifs is 2. The lowest BCUT2D eigenvalue weighted by Crippen LogP contribution is -2.32. The second kappa shape index (κ2) is 7.13. The summed E-state index contributed by atoms with van der Waals surface area (Å²) < 4.78 is 11.4. The number of carbonyl (C=O) groups is 1. The van der Waals surface area contributed by atoms with E-state index in [0.29, 0.717) is 28.8 Å². The Morgan fingerprint density at radius 2 is 2.00 bits per heavy atom. The summed E-state index contributed by atoms with van der Waals surface area (Å²) in [5.74, 6) is 1.43. The molecule has 1 saturated carbocycles. The summed E-state index contributed by atoms with van der Waals surface area (Å²) in [5, 5.41) is 5.04. The molecule has 1 unspecified atom stereocenters. The van der Waals surface area contributed by atoms with Crippen molar-refractivity contribution in [3.8, 4) is 5.88 Å². The zero-order valence-corrected chi connectivity index (χ0v) is 18.7. The van der Waals surface area contributed by atoms with Crippen LogP contribution < -0.4 is 15.8 Å². The smallest absolute Gasteiger partial charge is 0.341 e. The Kier molecular flexibility index (Phi) is 4.60. The predicted octanol–water partition coefficient (Wildman–Crippen LogP) is 4.30. The molecule has 3 aromatic heterocycles. The highest BCUT2D eigenvalue weighted by Crippen LogP contribution is 2.38. The van der Waals surface area contributed by atoms with Crippen molar-refractivity contribution in [2.75, 3.05) is 5.32 Å². The first-order valence-electron chi connectivity index (χ1n) is 10.9. The van der Waals surface area contributed by atoms with E-state index in [1.165, 1.54) is 0 Å². The normalized spacial score (nSPS) is 18.7. The zero-order valence-electron chi connectivity index (χ0n) is 18.7. The number of nitrogens with one attached hydrogen (secondary N) is 1. The largest absolute Gasteiger partial charge is 0.474 e. The lowest BCUT2D eigenvalue weighted by atomic mass is 9.88. The molecule has 8 nitrogen and oxygen atoms in total. The van der Waals surface area contributed by atoms with Gasteiger partial charge in [0.2, 0.25) is 5.88 Å². The maximum Gasteiger partial charge on any atom is 0.341 e. The van der Waals surface area contributed by atoms with Crippen LogP contribution in [0, 0.1) is 0 Å². The number of hydrogen-bond acceptors (Lipinski definition) is 8. The minimum absolute atomic E-state index is 0.230. The van der Waals surface area contributed by atoms with Crippen molar-refractivity contribution in [2.45, 2.75) is 64.2 Å². The molecule has 0 aromatic carbocycles. The van der Waals surface area contributed by atoms with E-state index in [1.807, 2.05) is 33.0 Å². The van der Waals surface area contributed by atoms with Gasteiger partial charge in [0.15, 0.2) is 0 Å². The Balaban J connectivity index is 1.55. The second-order valence-electron chi connectivity index (χ2n) is 9.30. The Morgan fingerprint density at radius 1 is 1.22 bits per heavy atom. The van der Waals surface area contributed by atoms with E-state index in [2.05, 4.69) is 27.2 Å². The molecule has 0 amide bonds. The van der Waals surface area contributed by atoms with Gasteiger partial charge < -0.3 is 20.5 Å². The van der Waals surface area contributed by atoms with Gasteiger partial charge in [0.05, 0.1) is 10.9 Å². The molecule has 0 saturated heterocycles. The molecule has 0 radical (unpaired) electrons. The molecule has 8 heteroatoms. The first-order chi connectivity index (χ1) is 15.2. The third-order valence-electron chi connectivity index (χ3n) is 6.18. The van der Waals surface area contributed by atoms with Crippen molar-refractivity contribution in [1.82, 2.24) is 15.0 Å². The van der Waals surface area contributed by atoms with E-state index in [1.54, 1.807) is 18.3 Å². The highest BCUT2D eigenvalue weighted by atomic mass is 16.6. The molecule has 0 bridgehead atoms. The SMILES string of the molecule is CCC(C)(N)c1cnc(OC2CC2)c2cnc(Nc3ccc4c(n3)C(C)(C)OC4=O)cc12. The Bertz CT molecular complexity index is 1230. The third-order valence-corrected chi connectivity index (χ3v) is 6.18. The minimum atomic E-state index is -0.767. The fourth-order valence-electron chi connectivity index (χ4n) is 3.88. The number of pyridine rings is 3. The van der Waals surface area contributed by atoms with Gasteiger partial charge in [0.25, 0.3) is 0 Å². The van der Waals surface area contributed by atoms with Gasteiger partial charge in [-0.05, 0) is 69.2 Å². The molecular weight excluding hydrogens is 406 g/mol. The minimum Gasteiger partial charge on any atom is -0.474 e. The monoisotopic (exact) mass is 433 g/mol. The first-order valence-corrected chi connectivity index (χ1v) is 10.9. The fourth-order valence-corrected chi connectivity index (χ4v) is 3.88. The topological polar surface area (TPSA) is 112 Å². The van der Waals surface area contributed by atoms with Crippen molar-refractivity contribution < 1.29 is 14.3 Å². The van der Waals surface area contributed by atoms with E-state index in [9.17, 15) is 4.79 Å². The Hall–Kier alpha value is -3.26. The van der Waals surface area contributed by atoms with E-state index >= 15 is 0 Å². The van der Waals surface area contributed by atoms with E-state index in [0.717, 1.165) is 35.6 Å². The lowest BCUT2D eigenvalue weighted by molar-refractivity contribution is 0.00834.